The van der Waals surface area contributed by atoms with Crippen molar-refractivity contribution < 1.29 is 14.7 Å². The molecule has 1 unspecified atom stereocenters. The normalized spacial score (nSPS) is 12.3. The molecule has 0 saturated carbocycles. The molecule has 5 nitrogen and oxygen atoms in total. The lowest BCUT2D eigenvalue weighted by molar-refractivity contribution is -0.142. The van der Waals surface area contributed by atoms with Crippen molar-refractivity contribution in [2.75, 3.05) is 33.2 Å². The van der Waals surface area contributed by atoms with Gasteiger partial charge in [0.1, 0.15) is 0 Å². The monoisotopic (exact) mass is 256 g/mol. The number of carboxylic acid groups (broad SMARTS) is 1. The Morgan fingerprint density at radius 1 is 1.33 bits per heavy atom. The van der Waals surface area contributed by atoms with E-state index < -0.39 is 11.9 Å². The minimum absolute atomic E-state index is 0.000545. The van der Waals surface area contributed by atoms with Gasteiger partial charge in [-0.2, -0.15) is 0 Å². The molecule has 0 aliphatic carbocycles. The van der Waals surface area contributed by atoms with E-state index in [1.165, 1.54) is 0 Å². The van der Waals surface area contributed by atoms with Gasteiger partial charge in [-0.3, -0.25) is 14.5 Å². The number of amides is 1. The number of nitrogens with zero attached hydrogens (tertiary/aromatic N) is 2. The van der Waals surface area contributed by atoms with Crippen molar-refractivity contribution >= 4 is 11.9 Å². The van der Waals surface area contributed by atoms with Gasteiger partial charge in [0, 0.05) is 19.6 Å². The van der Waals surface area contributed by atoms with Gasteiger partial charge < -0.3 is 10.0 Å². The second kappa shape index (κ2) is 7.87. The Labute approximate surface area is 109 Å². The molecule has 1 N–H and O–H groups in total. The summed E-state index contributed by atoms with van der Waals surface area (Å²) in [6.45, 7) is 11.0. The van der Waals surface area contributed by atoms with Crippen LogP contribution in [0.1, 0.15) is 20.8 Å². The highest BCUT2D eigenvalue weighted by Gasteiger charge is 2.18. The number of aliphatic carboxylic acids is 1. The first-order valence-electron chi connectivity index (χ1n) is 6.11. The predicted molar refractivity (Wildman–Crippen MR) is 71.4 cm³/mol. The van der Waals surface area contributed by atoms with Crippen molar-refractivity contribution in [3.63, 3.8) is 0 Å². The average Bonchev–Trinajstić information content (AvgIpc) is 2.24. The molecule has 0 bridgehead atoms. The maximum Gasteiger partial charge on any atom is 0.307 e. The predicted octanol–water partition coefficient (Wildman–Crippen LogP) is 1.06. The standard InChI is InChI=1S/C13H24N2O3/c1-6-15(7-10(2)3)12(16)9-14(5)8-11(4)13(17)18/h11H,2,6-9H2,1,3-5H3,(H,17,18). The molecule has 104 valence electrons. The Morgan fingerprint density at radius 2 is 1.89 bits per heavy atom. The molecule has 1 atom stereocenters. The lowest BCUT2D eigenvalue weighted by Gasteiger charge is -2.25. The molecule has 0 fully saturated rings. The average molecular weight is 256 g/mol. The molecular weight excluding hydrogens is 232 g/mol. The zero-order valence-electron chi connectivity index (χ0n) is 11.8. The number of rotatable bonds is 8. The summed E-state index contributed by atoms with van der Waals surface area (Å²) < 4.78 is 0. The second-order valence-electron chi connectivity index (χ2n) is 4.80. The highest BCUT2D eigenvalue weighted by Crippen LogP contribution is 2.01. The van der Waals surface area contributed by atoms with Gasteiger partial charge in [0.2, 0.25) is 5.91 Å². The molecule has 0 radical (unpaired) electrons. The first-order chi connectivity index (χ1) is 8.27. The van der Waals surface area contributed by atoms with Gasteiger partial charge in [0.15, 0.2) is 0 Å². The summed E-state index contributed by atoms with van der Waals surface area (Å²) in [4.78, 5) is 26.1. The number of hydrogen-bond donors (Lipinski definition) is 1. The Bertz CT molecular complexity index is 315. The molecule has 0 saturated heterocycles. The maximum absolute atomic E-state index is 12.0. The zero-order valence-corrected chi connectivity index (χ0v) is 11.8. The fourth-order valence-corrected chi connectivity index (χ4v) is 1.64. The van der Waals surface area contributed by atoms with Crippen LogP contribution in [0.2, 0.25) is 0 Å². The molecule has 0 rings (SSSR count). The zero-order chi connectivity index (χ0) is 14.3. The van der Waals surface area contributed by atoms with Gasteiger partial charge in [-0.05, 0) is 20.9 Å². The Morgan fingerprint density at radius 3 is 2.28 bits per heavy atom. The van der Waals surface area contributed by atoms with Crippen LogP contribution < -0.4 is 0 Å². The van der Waals surface area contributed by atoms with E-state index in [0.717, 1.165) is 5.57 Å². The molecule has 0 aliphatic heterocycles. The van der Waals surface area contributed by atoms with Gasteiger partial charge in [0.05, 0.1) is 12.5 Å². The number of carbonyl (C=O) groups is 2. The summed E-state index contributed by atoms with van der Waals surface area (Å²) in [7, 11) is 1.76. The Balaban J connectivity index is 4.27. The number of carboxylic acids is 1. The van der Waals surface area contributed by atoms with Crippen molar-refractivity contribution in [1.82, 2.24) is 9.80 Å². The highest BCUT2D eigenvalue weighted by molar-refractivity contribution is 5.78. The summed E-state index contributed by atoms with van der Waals surface area (Å²) in [6.07, 6.45) is 0. The molecule has 0 aromatic heterocycles. The summed E-state index contributed by atoms with van der Waals surface area (Å²) in [5, 5.41) is 8.81. The maximum atomic E-state index is 12.0. The highest BCUT2D eigenvalue weighted by atomic mass is 16.4. The SMILES string of the molecule is C=C(C)CN(CC)C(=O)CN(C)CC(C)C(=O)O. The van der Waals surface area contributed by atoms with Crippen molar-refractivity contribution in [3.05, 3.63) is 12.2 Å². The summed E-state index contributed by atoms with van der Waals surface area (Å²) in [5.74, 6) is -1.32. The van der Waals surface area contributed by atoms with E-state index >= 15 is 0 Å². The lowest BCUT2D eigenvalue weighted by Crippen LogP contribution is -2.41. The second-order valence-corrected chi connectivity index (χ2v) is 4.80. The molecular formula is C13H24N2O3. The van der Waals surface area contributed by atoms with Crippen molar-refractivity contribution in [3.8, 4) is 0 Å². The van der Waals surface area contributed by atoms with Crippen LogP contribution in [0.15, 0.2) is 12.2 Å². The van der Waals surface area contributed by atoms with Crippen LogP contribution in [0, 0.1) is 5.92 Å². The molecule has 0 aromatic carbocycles. The van der Waals surface area contributed by atoms with Crippen LogP contribution in [0.4, 0.5) is 0 Å². The summed E-state index contributed by atoms with van der Waals surface area (Å²) in [6, 6.07) is 0. The third-order valence-electron chi connectivity index (χ3n) is 2.61. The van der Waals surface area contributed by atoms with Gasteiger partial charge in [0.25, 0.3) is 0 Å². The number of carbonyl (C=O) groups excluding carboxylic acids is 1. The smallest absolute Gasteiger partial charge is 0.307 e. The lowest BCUT2D eigenvalue weighted by atomic mass is 10.2. The minimum atomic E-state index is -0.844. The van der Waals surface area contributed by atoms with Crippen molar-refractivity contribution in [2.45, 2.75) is 20.8 Å². The molecule has 18 heavy (non-hydrogen) atoms. The summed E-state index contributed by atoms with van der Waals surface area (Å²) >= 11 is 0. The third kappa shape index (κ3) is 6.39. The van der Waals surface area contributed by atoms with Crippen LogP contribution in [0.3, 0.4) is 0 Å². The fraction of sp³-hybridized carbons (Fsp3) is 0.692. The van der Waals surface area contributed by atoms with E-state index in [2.05, 4.69) is 6.58 Å². The van der Waals surface area contributed by atoms with E-state index in [9.17, 15) is 9.59 Å². The molecule has 5 heteroatoms. The van der Waals surface area contributed by atoms with Gasteiger partial charge in [-0.25, -0.2) is 0 Å². The van der Waals surface area contributed by atoms with E-state index in [0.29, 0.717) is 19.6 Å². The van der Waals surface area contributed by atoms with E-state index in [1.54, 1.807) is 23.8 Å². The van der Waals surface area contributed by atoms with E-state index in [1.807, 2.05) is 13.8 Å². The van der Waals surface area contributed by atoms with E-state index in [4.69, 9.17) is 5.11 Å². The molecule has 0 spiro atoms. The van der Waals surface area contributed by atoms with Crippen LogP contribution in [0.25, 0.3) is 0 Å². The first-order valence-corrected chi connectivity index (χ1v) is 6.11. The molecule has 0 aromatic rings. The van der Waals surface area contributed by atoms with Crippen molar-refractivity contribution in [1.29, 1.82) is 0 Å². The van der Waals surface area contributed by atoms with Crippen molar-refractivity contribution in [2.24, 2.45) is 5.92 Å². The van der Waals surface area contributed by atoms with E-state index in [-0.39, 0.29) is 12.5 Å². The molecule has 0 aliphatic rings. The third-order valence-corrected chi connectivity index (χ3v) is 2.61. The van der Waals surface area contributed by atoms with Gasteiger partial charge >= 0.3 is 5.97 Å². The van der Waals surface area contributed by atoms with Gasteiger partial charge in [-0.15, -0.1) is 0 Å². The summed E-state index contributed by atoms with van der Waals surface area (Å²) in [5.41, 5.74) is 0.937. The van der Waals surface area contributed by atoms with Crippen LogP contribution >= 0.6 is 0 Å². The molecule has 1 amide bonds. The first kappa shape index (κ1) is 16.6. The number of hydrogen-bond acceptors (Lipinski definition) is 3. The molecule has 0 heterocycles. The largest absolute Gasteiger partial charge is 0.481 e. The number of likely N-dealkylation sites (N-methyl/N-ethyl adjacent to an activating group) is 2. The van der Waals surface area contributed by atoms with Gasteiger partial charge in [-0.1, -0.05) is 19.1 Å². The minimum Gasteiger partial charge on any atom is -0.481 e. The van der Waals surface area contributed by atoms with Crippen LogP contribution in [0.5, 0.6) is 0 Å². The Hall–Kier alpha value is -1.36. The topological polar surface area (TPSA) is 60.9 Å². The Kier molecular flexibility index (Phi) is 7.27. The fourth-order valence-electron chi connectivity index (χ4n) is 1.64. The van der Waals surface area contributed by atoms with Crippen LogP contribution in [-0.2, 0) is 9.59 Å². The quantitative estimate of drug-likeness (QED) is 0.660. The van der Waals surface area contributed by atoms with Crippen LogP contribution in [-0.4, -0.2) is 60.0 Å².